The summed E-state index contributed by atoms with van der Waals surface area (Å²) in [6, 6.07) is 13.3. The average Bonchev–Trinajstić information content (AvgIpc) is 3.14. The number of rotatable bonds is 7. The van der Waals surface area contributed by atoms with Gasteiger partial charge in [-0.15, -0.1) is 0 Å². The number of carbonyl (C=O) groups is 2. The molecule has 7 nitrogen and oxygen atoms in total. The molecule has 3 aromatic rings. The first kappa shape index (κ1) is 25.0. The maximum Gasteiger partial charge on any atom is 0.300 e. The van der Waals surface area contributed by atoms with Crippen molar-refractivity contribution in [2.24, 2.45) is 0 Å². The lowest BCUT2D eigenvalue weighted by Crippen LogP contribution is -2.29. The lowest BCUT2D eigenvalue weighted by Gasteiger charge is -2.25. The third kappa shape index (κ3) is 4.44. The first-order valence-electron chi connectivity index (χ1n) is 11.9. The molecule has 0 saturated carbocycles. The van der Waals surface area contributed by atoms with E-state index in [0.717, 1.165) is 11.1 Å². The second-order valence-electron chi connectivity index (χ2n) is 8.95. The molecule has 1 aromatic heterocycles. The molecular weight excluding hydrogens is 456 g/mol. The van der Waals surface area contributed by atoms with Crippen molar-refractivity contribution in [3.05, 3.63) is 88.8 Å². The van der Waals surface area contributed by atoms with Gasteiger partial charge in [0.15, 0.2) is 0 Å². The van der Waals surface area contributed by atoms with Crippen LogP contribution in [0.15, 0.2) is 66.5 Å². The molecule has 1 saturated heterocycles. The van der Waals surface area contributed by atoms with E-state index in [2.05, 4.69) is 4.98 Å². The maximum absolute atomic E-state index is 13.4. The van der Waals surface area contributed by atoms with Crippen LogP contribution in [0.25, 0.3) is 5.76 Å². The Kier molecular flexibility index (Phi) is 7.10. The molecule has 2 aromatic carbocycles. The zero-order chi connectivity index (χ0) is 26.0. The molecule has 186 valence electrons. The smallest absolute Gasteiger partial charge is 0.300 e. The minimum Gasteiger partial charge on any atom is -0.507 e. The first-order chi connectivity index (χ1) is 17.3. The Morgan fingerprint density at radius 3 is 2.44 bits per heavy atom. The van der Waals surface area contributed by atoms with E-state index >= 15 is 0 Å². The van der Waals surface area contributed by atoms with Crippen LogP contribution < -0.4 is 14.4 Å². The molecule has 36 heavy (non-hydrogen) atoms. The van der Waals surface area contributed by atoms with Gasteiger partial charge in [0.2, 0.25) is 0 Å². The van der Waals surface area contributed by atoms with Gasteiger partial charge in [-0.2, -0.15) is 0 Å². The Labute approximate surface area is 211 Å². The molecule has 1 N–H and O–H groups in total. The first-order valence-corrected chi connectivity index (χ1v) is 11.9. The van der Waals surface area contributed by atoms with E-state index in [1.54, 1.807) is 55.9 Å². The number of benzene rings is 2. The lowest BCUT2D eigenvalue weighted by atomic mass is 9.91. The highest BCUT2D eigenvalue weighted by atomic mass is 16.5. The average molecular weight is 487 g/mol. The lowest BCUT2D eigenvalue weighted by molar-refractivity contribution is -0.132. The number of aromatic nitrogens is 1. The molecular formula is C29H30N2O5. The third-order valence-corrected chi connectivity index (χ3v) is 6.32. The summed E-state index contributed by atoms with van der Waals surface area (Å²) in [5.74, 6) is -0.213. The molecule has 1 amide bonds. The van der Waals surface area contributed by atoms with Gasteiger partial charge >= 0.3 is 0 Å². The number of hydrogen-bond acceptors (Lipinski definition) is 6. The number of hydrogen-bond donors (Lipinski definition) is 1. The number of nitrogens with zero attached hydrogens (tertiary/aromatic N) is 2. The van der Waals surface area contributed by atoms with E-state index in [1.165, 1.54) is 4.90 Å². The van der Waals surface area contributed by atoms with Crippen molar-refractivity contribution in [1.29, 1.82) is 0 Å². The molecule has 4 rings (SSSR count). The molecule has 1 aliphatic rings. The fourth-order valence-corrected chi connectivity index (χ4v) is 4.55. The largest absolute Gasteiger partial charge is 0.507 e. The highest BCUT2D eigenvalue weighted by Gasteiger charge is 2.47. The molecule has 0 spiro atoms. The van der Waals surface area contributed by atoms with E-state index in [9.17, 15) is 14.7 Å². The molecule has 0 bridgehead atoms. The van der Waals surface area contributed by atoms with Crippen molar-refractivity contribution in [3.63, 3.8) is 0 Å². The molecule has 0 aliphatic carbocycles. The van der Waals surface area contributed by atoms with Gasteiger partial charge in [0.05, 0.1) is 25.3 Å². The number of anilines is 1. The van der Waals surface area contributed by atoms with Crippen LogP contribution in [0.3, 0.4) is 0 Å². The van der Waals surface area contributed by atoms with Crippen LogP contribution in [0.2, 0.25) is 0 Å². The van der Waals surface area contributed by atoms with Crippen LogP contribution in [0.1, 0.15) is 55.0 Å². The number of Topliss-reactive ketones (excluding diaryl/α,β-unsaturated/α-hetero) is 1. The standard InChI is InChI=1S/C29H30N2O5/c1-6-36-21-11-9-20(10-12-21)31-26(19-8-7-13-30-16-19)25(28(33)29(31)34)27(32)23-15-22(17(2)3)24(35-5)14-18(23)4/h7-17,26,32H,6H2,1-5H3/b27-25+. The molecule has 1 unspecified atom stereocenters. The molecule has 1 aliphatic heterocycles. The molecule has 2 heterocycles. The van der Waals surface area contributed by atoms with Gasteiger partial charge in [0, 0.05) is 23.6 Å². The Morgan fingerprint density at radius 1 is 1.14 bits per heavy atom. The van der Waals surface area contributed by atoms with Crippen LogP contribution in [-0.4, -0.2) is 35.5 Å². The predicted molar refractivity (Wildman–Crippen MR) is 138 cm³/mol. The monoisotopic (exact) mass is 486 g/mol. The topological polar surface area (TPSA) is 89.0 Å². The Bertz CT molecular complexity index is 1310. The van der Waals surface area contributed by atoms with Crippen LogP contribution in [0, 0.1) is 6.92 Å². The van der Waals surface area contributed by atoms with E-state index in [-0.39, 0.29) is 17.3 Å². The summed E-state index contributed by atoms with van der Waals surface area (Å²) in [5, 5.41) is 11.6. The number of pyridine rings is 1. The highest BCUT2D eigenvalue weighted by Crippen LogP contribution is 2.43. The molecule has 7 heteroatoms. The summed E-state index contributed by atoms with van der Waals surface area (Å²) < 4.78 is 11.1. The quantitative estimate of drug-likeness (QED) is 0.268. The van der Waals surface area contributed by atoms with Gasteiger partial charge in [-0.25, -0.2) is 0 Å². The van der Waals surface area contributed by atoms with Crippen LogP contribution >= 0.6 is 0 Å². The summed E-state index contributed by atoms with van der Waals surface area (Å²) in [6.45, 7) is 8.29. The van der Waals surface area contributed by atoms with Crippen LogP contribution in [0.4, 0.5) is 5.69 Å². The normalized spacial score (nSPS) is 17.1. The fraction of sp³-hybridized carbons (Fsp3) is 0.276. The number of aliphatic hydroxyl groups is 1. The Balaban J connectivity index is 1.92. The second-order valence-corrected chi connectivity index (χ2v) is 8.95. The summed E-state index contributed by atoms with van der Waals surface area (Å²) in [7, 11) is 1.60. The molecule has 1 fully saturated rings. The van der Waals surface area contributed by atoms with Crippen molar-refractivity contribution < 1.29 is 24.2 Å². The van der Waals surface area contributed by atoms with Gasteiger partial charge in [-0.3, -0.25) is 19.5 Å². The van der Waals surface area contributed by atoms with E-state index < -0.39 is 17.7 Å². The predicted octanol–water partition coefficient (Wildman–Crippen LogP) is 5.55. The summed E-state index contributed by atoms with van der Waals surface area (Å²) in [5.41, 5.74) is 3.25. The third-order valence-electron chi connectivity index (χ3n) is 6.32. The van der Waals surface area contributed by atoms with Gasteiger partial charge in [0.1, 0.15) is 17.3 Å². The number of ketones is 1. The number of methoxy groups -OCH3 is 1. The van der Waals surface area contributed by atoms with Crippen LogP contribution in [0.5, 0.6) is 11.5 Å². The van der Waals surface area contributed by atoms with E-state index in [0.29, 0.717) is 34.9 Å². The zero-order valence-corrected chi connectivity index (χ0v) is 21.1. The SMILES string of the molecule is CCOc1ccc(N2C(=O)C(=O)/C(=C(/O)c3cc(C(C)C)c(OC)cc3C)C2c2cccnc2)cc1. The number of carbonyl (C=O) groups excluding carboxylic acids is 2. The Morgan fingerprint density at radius 2 is 1.86 bits per heavy atom. The molecule has 1 atom stereocenters. The minimum absolute atomic E-state index is 0.0184. The Hall–Kier alpha value is -4.13. The number of aliphatic hydroxyl groups excluding tert-OH is 1. The van der Waals surface area contributed by atoms with E-state index in [1.807, 2.05) is 39.8 Å². The minimum atomic E-state index is -0.847. The van der Waals surface area contributed by atoms with Crippen LogP contribution in [-0.2, 0) is 9.59 Å². The maximum atomic E-state index is 13.4. The summed E-state index contributed by atoms with van der Waals surface area (Å²) in [4.78, 5) is 32.4. The molecule has 0 radical (unpaired) electrons. The van der Waals surface area contributed by atoms with E-state index in [4.69, 9.17) is 9.47 Å². The van der Waals surface area contributed by atoms with Gasteiger partial charge in [0.25, 0.3) is 11.7 Å². The van der Waals surface area contributed by atoms with Crippen molar-refractivity contribution in [1.82, 2.24) is 4.98 Å². The van der Waals surface area contributed by atoms with Gasteiger partial charge in [-0.05, 0) is 78.9 Å². The van der Waals surface area contributed by atoms with Crippen molar-refractivity contribution >= 4 is 23.1 Å². The fourth-order valence-electron chi connectivity index (χ4n) is 4.55. The number of ether oxygens (including phenoxy) is 2. The van der Waals surface area contributed by atoms with Gasteiger partial charge in [-0.1, -0.05) is 19.9 Å². The van der Waals surface area contributed by atoms with Crippen molar-refractivity contribution in [2.45, 2.75) is 39.7 Å². The van der Waals surface area contributed by atoms with Crippen molar-refractivity contribution in [2.75, 3.05) is 18.6 Å². The zero-order valence-electron chi connectivity index (χ0n) is 21.1. The number of aryl methyl sites for hydroxylation is 1. The summed E-state index contributed by atoms with van der Waals surface area (Å²) >= 11 is 0. The van der Waals surface area contributed by atoms with Crippen molar-refractivity contribution in [3.8, 4) is 11.5 Å². The summed E-state index contributed by atoms with van der Waals surface area (Å²) in [6.07, 6.45) is 3.22. The van der Waals surface area contributed by atoms with Gasteiger partial charge < -0.3 is 14.6 Å². The highest BCUT2D eigenvalue weighted by molar-refractivity contribution is 6.51. The second kappa shape index (κ2) is 10.2. The number of amides is 1.